The lowest BCUT2D eigenvalue weighted by molar-refractivity contribution is 0.0971. The Kier molecular flexibility index (Phi) is 5.59. The molecule has 1 aliphatic rings. The molecule has 9 heteroatoms. The summed E-state index contributed by atoms with van der Waals surface area (Å²) in [5.74, 6) is -0.472. The predicted molar refractivity (Wildman–Crippen MR) is 135 cm³/mol. The average molecular weight is 561 g/mol. The highest BCUT2D eigenvalue weighted by Crippen LogP contribution is 2.45. The van der Waals surface area contributed by atoms with Crippen LogP contribution in [0.2, 0.25) is 10.0 Å². The summed E-state index contributed by atoms with van der Waals surface area (Å²) in [6.07, 6.45) is 0. The third-order valence-corrected chi connectivity index (χ3v) is 7.10. The third kappa shape index (κ3) is 3.47. The van der Waals surface area contributed by atoms with Crippen LogP contribution in [0.25, 0.3) is 11.0 Å². The number of methoxy groups -OCH3 is 1. The van der Waals surface area contributed by atoms with Crippen molar-refractivity contribution in [1.29, 1.82) is 0 Å². The second-order valence-corrected chi connectivity index (χ2v) is 9.58. The zero-order valence-electron chi connectivity index (χ0n) is 17.9. The van der Waals surface area contributed by atoms with Gasteiger partial charge in [0.15, 0.2) is 16.9 Å². The van der Waals surface area contributed by atoms with Gasteiger partial charge in [0.1, 0.15) is 5.58 Å². The molecule has 4 aromatic rings. The first-order valence-electron chi connectivity index (χ1n) is 10.1. The minimum absolute atomic E-state index is 0.0651. The van der Waals surface area contributed by atoms with E-state index in [0.29, 0.717) is 25.8 Å². The summed E-state index contributed by atoms with van der Waals surface area (Å²) in [4.78, 5) is 28.8. The van der Waals surface area contributed by atoms with Crippen molar-refractivity contribution < 1.29 is 19.1 Å². The lowest BCUT2D eigenvalue weighted by atomic mass is 9.97. The van der Waals surface area contributed by atoms with Crippen LogP contribution in [-0.4, -0.2) is 18.1 Å². The number of phenolic OH excluding ortho intramolecular Hbond substituents is 1. The second kappa shape index (κ2) is 8.34. The maximum Gasteiger partial charge on any atom is 0.295 e. The van der Waals surface area contributed by atoms with Crippen LogP contribution < -0.4 is 15.1 Å². The van der Waals surface area contributed by atoms with Gasteiger partial charge < -0.3 is 14.3 Å². The number of ether oxygens (including phenoxy) is 1. The molecule has 6 nitrogen and oxygen atoms in total. The van der Waals surface area contributed by atoms with E-state index in [1.807, 2.05) is 6.92 Å². The Morgan fingerprint density at radius 3 is 2.56 bits per heavy atom. The van der Waals surface area contributed by atoms with Crippen LogP contribution in [-0.2, 0) is 0 Å². The van der Waals surface area contributed by atoms with Gasteiger partial charge in [-0.25, -0.2) is 0 Å². The second-order valence-electron chi connectivity index (χ2n) is 7.88. The molecular weight excluding hydrogens is 545 g/mol. The summed E-state index contributed by atoms with van der Waals surface area (Å²) in [6.45, 7) is 1.85. The summed E-state index contributed by atoms with van der Waals surface area (Å²) in [5.41, 5.74) is 1.90. The summed E-state index contributed by atoms with van der Waals surface area (Å²) in [5, 5.41) is 11.4. The Balaban J connectivity index is 1.85. The minimum Gasteiger partial charge on any atom is -0.503 e. The first-order valence-corrected chi connectivity index (χ1v) is 11.7. The van der Waals surface area contributed by atoms with E-state index < -0.39 is 11.9 Å². The van der Waals surface area contributed by atoms with Crippen molar-refractivity contribution in [3.63, 3.8) is 0 Å². The quantitative estimate of drug-likeness (QED) is 0.304. The number of rotatable bonds is 3. The molecule has 0 spiro atoms. The fraction of sp³-hybridized carbons (Fsp3) is 0.120. The highest BCUT2D eigenvalue weighted by atomic mass is 79.9. The van der Waals surface area contributed by atoms with Gasteiger partial charge in [0.05, 0.1) is 28.6 Å². The molecule has 1 unspecified atom stereocenters. The molecule has 172 valence electrons. The first kappa shape index (κ1) is 22.8. The van der Waals surface area contributed by atoms with Gasteiger partial charge in [0.2, 0.25) is 5.76 Å². The van der Waals surface area contributed by atoms with Crippen LogP contribution in [0, 0.1) is 6.92 Å². The van der Waals surface area contributed by atoms with E-state index in [-0.39, 0.29) is 39.2 Å². The van der Waals surface area contributed by atoms with E-state index >= 15 is 0 Å². The molecule has 0 saturated heterocycles. The number of aromatic hydroxyl groups is 1. The van der Waals surface area contributed by atoms with Crippen molar-refractivity contribution in [3.8, 4) is 11.5 Å². The Morgan fingerprint density at radius 1 is 1.09 bits per heavy atom. The van der Waals surface area contributed by atoms with Gasteiger partial charge in [-0.15, -0.1) is 0 Å². The number of amides is 1. The molecule has 2 heterocycles. The number of fused-ring (bicyclic) bond motifs is 2. The van der Waals surface area contributed by atoms with Gasteiger partial charge in [-0.1, -0.05) is 29.3 Å². The monoisotopic (exact) mass is 559 g/mol. The fourth-order valence-corrected chi connectivity index (χ4v) is 4.97. The van der Waals surface area contributed by atoms with E-state index in [1.54, 1.807) is 42.5 Å². The molecule has 1 aromatic heterocycles. The van der Waals surface area contributed by atoms with Gasteiger partial charge in [-0.3, -0.25) is 14.5 Å². The highest BCUT2D eigenvalue weighted by molar-refractivity contribution is 9.10. The molecule has 1 atom stereocenters. The number of hydrogen-bond acceptors (Lipinski definition) is 5. The molecule has 0 fully saturated rings. The van der Waals surface area contributed by atoms with Crippen LogP contribution in [0.1, 0.15) is 33.3 Å². The number of carbonyl (C=O) groups excluding carboxylic acids is 1. The summed E-state index contributed by atoms with van der Waals surface area (Å²) in [6, 6.07) is 12.2. The Labute approximate surface area is 212 Å². The van der Waals surface area contributed by atoms with Crippen LogP contribution in [0.4, 0.5) is 5.69 Å². The Hall–Kier alpha value is -3.00. The number of anilines is 1. The van der Waals surface area contributed by atoms with Gasteiger partial charge >= 0.3 is 0 Å². The van der Waals surface area contributed by atoms with Gasteiger partial charge in [0, 0.05) is 15.7 Å². The van der Waals surface area contributed by atoms with Crippen molar-refractivity contribution >= 4 is 61.7 Å². The standard InChI is InChI=1S/C25H16BrCl2NO5/c1-11-3-5-14(10-17(11)28)29-21(12-7-16(26)23(31)19(8-12)33-2)20-22(30)15-9-13(27)4-6-18(15)34-24(20)25(29)32/h3-10,21,31H,1-2H3. The van der Waals surface area contributed by atoms with E-state index in [4.69, 9.17) is 32.4 Å². The van der Waals surface area contributed by atoms with E-state index in [2.05, 4.69) is 15.9 Å². The van der Waals surface area contributed by atoms with Crippen molar-refractivity contribution in [2.45, 2.75) is 13.0 Å². The van der Waals surface area contributed by atoms with E-state index in [0.717, 1.165) is 5.56 Å². The summed E-state index contributed by atoms with van der Waals surface area (Å²) in [7, 11) is 1.42. The molecule has 0 aliphatic carbocycles. The zero-order valence-corrected chi connectivity index (χ0v) is 21.0. The highest BCUT2D eigenvalue weighted by Gasteiger charge is 2.44. The molecule has 1 amide bonds. The van der Waals surface area contributed by atoms with Crippen LogP contribution in [0.5, 0.6) is 11.5 Å². The first-order chi connectivity index (χ1) is 16.2. The number of hydrogen-bond donors (Lipinski definition) is 1. The zero-order chi connectivity index (χ0) is 24.3. The lowest BCUT2D eigenvalue weighted by Gasteiger charge is -2.26. The van der Waals surface area contributed by atoms with Crippen molar-refractivity contribution in [3.05, 3.63) is 95.7 Å². The molecule has 1 aliphatic heterocycles. The largest absolute Gasteiger partial charge is 0.503 e. The Morgan fingerprint density at radius 2 is 1.85 bits per heavy atom. The maximum absolute atomic E-state index is 13.7. The number of benzene rings is 3. The van der Waals surface area contributed by atoms with E-state index in [1.165, 1.54) is 18.1 Å². The average Bonchev–Trinajstić information content (AvgIpc) is 3.10. The molecule has 34 heavy (non-hydrogen) atoms. The fourth-order valence-electron chi connectivity index (χ4n) is 4.17. The number of nitrogens with zero attached hydrogens (tertiary/aromatic N) is 1. The van der Waals surface area contributed by atoms with Crippen molar-refractivity contribution in [1.82, 2.24) is 0 Å². The molecule has 1 N–H and O–H groups in total. The normalized spacial score (nSPS) is 15.1. The summed E-state index contributed by atoms with van der Waals surface area (Å²) < 4.78 is 11.6. The topological polar surface area (TPSA) is 80.0 Å². The summed E-state index contributed by atoms with van der Waals surface area (Å²) >= 11 is 15.8. The molecule has 0 bridgehead atoms. The van der Waals surface area contributed by atoms with Crippen LogP contribution in [0.15, 0.2) is 62.2 Å². The molecular formula is C25H16BrCl2NO5. The molecule has 3 aromatic carbocycles. The number of phenols is 1. The number of halogens is 3. The molecule has 0 radical (unpaired) electrons. The van der Waals surface area contributed by atoms with Gasteiger partial charge in [-0.2, -0.15) is 0 Å². The van der Waals surface area contributed by atoms with Gasteiger partial charge in [0.25, 0.3) is 5.91 Å². The predicted octanol–water partition coefficient (Wildman–Crippen LogP) is 6.63. The minimum atomic E-state index is -0.869. The van der Waals surface area contributed by atoms with E-state index in [9.17, 15) is 14.7 Å². The van der Waals surface area contributed by atoms with Crippen molar-refractivity contribution in [2.24, 2.45) is 0 Å². The lowest BCUT2D eigenvalue weighted by Crippen LogP contribution is -2.29. The molecule has 5 rings (SSSR count). The SMILES string of the molecule is COc1cc(C2c3c(oc4ccc(Cl)cc4c3=O)C(=O)N2c2ccc(C)c(Cl)c2)cc(Br)c1O. The third-order valence-electron chi connectivity index (χ3n) is 5.85. The Bertz CT molecular complexity index is 1570. The van der Waals surface area contributed by atoms with Gasteiger partial charge in [-0.05, 0) is 76.4 Å². The number of aryl methyl sites for hydroxylation is 1. The van der Waals surface area contributed by atoms with Crippen molar-refractivity contribution in [2.75, 3.05) is 12.0 Å². The van der Waals surface area contributed by atoms with Crippen LogP contribution in [0.3, 0.4) is 0 Å². The van der Waals surface area contributed by atoms with Crippen LogP contribution >= 0.6 is 39.1 Å². The smallest absolute Gasteiger partial charge is 0.295 e. The maximum atomic E-state index is 13.7. The molecule has 0 saturated carbocycles. The number of carbonyl (C=O) groups is 1.